The molecule has 120 valence electrons. The average molecular weight is 322 g/mol. The number of aryl methyl sites for hydroxylation is 1. The maximum atomic E-state index is 11.2. The molecule has 0 bridgehead atoms. The summed E-state index contributed by atoms with van der Waals surface area (Å²) >= 11 is 0. The number of nitrogens with one attached hydrogen (secondary N) is 1. The van der Waals surface area contributed by atoms with Gasteiger partial charge in [-0.15, -0.1) is 0 Å². The summed E-state index contributed by atoms with van der Waals surface area (Å²) < 4.78 is 22.4. The number of nitriles is 1. The molecule has 0 aromatic carbocycles. The van der Waals surface area contributed by atoms with Crippen LogP contribution in [0.25, 0.3) is 0 Å². The predicted octanol–water partition coefficient (Wildman–Crippen LogP) is 1.18. The smallest absolute Gasteiger partial charge is 0.148 e. The van der Waals surface area contributed by atoms with Crippen molar-refractivity contribution in [2.24, 2.45) is 0 Å². The lowest BCUT2D eigenvalue weighted by Crippen LogP contribution is -2.41. The highest BCUT2D eigenvalue weighted by Crippen LogP contribution is 2.16. The van der Waals surface area contributed by atoms with Crippen molar-refractivity contribution in [2.75, 3.05) is 37.0 Å². The second-order valence-corrected chi connectivity index (χ2v) is 8.12. The quantitative estimate of drug-likeness (QED) is 0.876. The first kappa shape index (κ1) is 16.7. The fourth-order valence-electron chi connectivity index (χ4n) is 2.53. The molecule has 1 saturated heterocycles. The number of pyridine rings is 1. The van der Waals surface area contributed by atoms with Crippen LogP contribution in [0.15, 0.2) is 12.1 Å². The minimum absolute atomic E-state index is 0.218. The first-order valence-corrected chi connectivity index (χ1v) is 9.48. The molecule has 1 aromatic rings. The third kappa shape index (κ3) is 4.97. The SMILES string of the molecule is Cc1ccc(NC2CCN(CCS(C)(=O)=O)CC2)nc1C#N. The van der Waals surface area contributed by atoms with Gasteiger partial charge in [-0.3, -0.25) is 0 Å². The number of hydrogen-bond donors (Lipinski definition) is 1. The second-order valence-electron chi connectivity index (χ2n) is 5.86. The van der Waals surface area contributed by atoms with E-state index < -0.39 is 9.84 Å². The molecule has 1 aromatic heterocycles. The highest BCUT2D eigenvalue weighted by Gasteiger charge is 2.20. The Labute approximate surface area is 132 Å². The summed E-state index contributed by atoms with van der Waals surface area (Å²) in [5, 5.41) is 12.4. The summed E-state index contributed by atoms with van der Waals surface area (Å²) in [5.41, 5.74) is 1.33. The molecular weight excluding hydrogens is 300 g/mol. The molecule has 1 aliphatic heterocycles. The zero-order valence-electron chi connectivity index (χ0n) is 13.0. The minimum Gasteiger partial charge on any atom is -0.367 e. The molecule has 22 heavy (non-hydrogen) atoms. The molecule has 1 fully saturated rings. The number of sulfone groups is 1. The Balaban J connectivity index is 1.84. The Bertz CT molecular complexity index is 659. The van der Waals surface area contributed by atoms with Crippen molar-refractivity contribution in [1.29, 1.82) is 5.26 Å². The molecule has 0 saturated carbocycles. The molecule has 1 N–H and O–H groups in total. The number of likely N-dealkylation sites (tertiary alicyclic amines) is 1. The average Bonchev–Trinajstić information content (AvgIpc) is 2.48. The third-order valence-corrected chi connectivity index (χ3v) is 4.84. The van der Waals surface area contributed by atoms with Crippen LogP contribution in [0.2, 0.25) is 0 Å². The molecule has 7 heteroatoms. The zero-order chi connectivity index (χ0) is 16.2. The van der Waals surface area contributed by atoms with Gasteiger partial charge in [0.05, 0.1) is 5.75 Å². The van der Waals surface area contributed by atoms with Gasteiger partial charge in [0.15, 0.2) is 0 Å². The van der Waals surface area contributed by atoms with Crippen LogP contribution >= 0.6 is 0 Å². The van der Waals surface area contributed by atoms with Crippen molar-refractivity contribution >= 4 is 15.7 Å². The number of nitrogens with zero attached hydrogens (tertiary/aromatic N) is 3. The lowest BCUT2D eigenvalue weighted by molar-refractivity contribution is 0.230. The molecule has 0 aliphatic carbocycles. The molecule has 2 rings (SSSR count). The van der Waals surface area contributed by atoms with E-state index in [1.807, 2.05) is 19.1 Å². The van der Waals surface area contributed by atoms with Crippen molar-refractivity contribution in [2.45, 2.75) is 25.8 Å². The van der Waals surface area contributed by atoms with Gasteiger partial charge in [-0.1, -0.05) is 6.07 Å². The largest absolute Gasteiger partial charge is 0.367 e. The lowest BCUT2D eigenvalue weighted by Gasteiger charge is -2.32. The monoisotopic (exact) mass is 322 g/mol. The maximum Gasteiger partial charge on any atom is 0.148 e. The fraction of sp³-hybridized carbons (Fsp3) is 0.600. The molecule has 0 radical (unpaired) electrons. The van der Waals surface area contributed by atoms with Crippen LogP contribution in [0, 0.1) is 18.3 Å². The van der Waals surface area contributed by atoms with Gasteiger partial charge in [-0.05, 0) is 31.4 Å². The van der Waals surface area contributed by atoms with Crippen molar-refractivity contribution < 1.29 is 8.42 Å². The normalized spacial score (nSPS) is 17.1. The van der Waals surface area contributed by atoms with E-state index in [4.69, 9.17) is 5.26 Å². The van der Waals surface area contributed by atoms with Crippen LogP contribution in [-0.4, -0.2) is 56.0 Å². The third-order valence-electron chi connectivity index (χ3n) is 3.92. The second kappa shape index (κ2) is 7.07. The molecule has 1 aliphatic rings. The van der Waals surface area contributed by atoms with Gasteiger partial charge >= 0.3 is 0 Å². The van der Waals surface area contributed by atoms with Gasteiger partial charge in [0.2, 0.25) is 0 Å². The summed E-state index contributed by atoms with van der Waals surface area (Å²) in [4.78, 5) is 6.49. The van der Waals surface area contributed by atoms with Crippen LogP contribution in [-0.2, 0) is 9.84 Å². The van der Waals surface area contributed by atoms with Crippen molar-refractivity contribution in [1.82, 2.24) is 9.88 Å². The van der Waals surface area contributed by atoms with Crippen molar-refractivity contribution in [3.63, 3.8) is 0 Å². The van der Waals surface area contributed by atoms with Crippen molar-refractivity contribution in [3.05, 3.63) is 23.4 Å². The van der Waals surface area contributed by atoms with E-state index in [1.54, 1.807) is 0 Å². The van der Waals surface area contributed by atoms with E-state index in [2.05, 4.69) is 21.3 Å². The Kier molecular flexibility index (Phi) is 5.37. The molecular formula is C15H22N4O2S. The van der Waals surface area contributed by atoms with Crippen LogP contribution in [0.1, 0.15) is 24.1 Å². The van der Waals surface area contributed by atoms with Crippen molar-refractivity contribution in [3.8, 4) is 6.07 Å². The summed E-state index contributed by atoms with van der Waals surface area (Å²) in [7, 11) is -2.90. The zero-order valence-corrected chi connectivity index (χ0v) is 13.9. The predicted molar refractivity (Wildman–Crippen MR) is 86.5 cm³/mol. The first-order valence-electron chi connectivity index (χ1n) is 7.42. The Hall–Kier alpha value is -1.65. The molecule has 0 amide bonds. The van der Waals surface area contributed by atoms with E-state index >= 15 is 0 Å². The summed E-state index contributed by atoms with van der Waals surface area (Å²) in [6.07, 6.45) is 3.17. The molecule has 2 heterocycles. The van der Waals surface area contributed by atoms with Gasteiger partial charge in [0.1, 0.15) is 27.4 Å². The standard InChI is InChI=1S/C15H22N4O2S/c1-12-3-4-15(18-14(12)11-16)17-13-5-7-19(8-6-13)9-10-22(2,20)21/h3-4,13H,5-10H2,1-2H3,(H,17,18). The van der Waals surface area contributed by atoms with Crippen LogP contribution in [0.3, 0.4) is 0 Å². The molecule has 0 atom stereocenters. The van der Waals surface area contributed by atoms with E-state index in [-0.39, 0.29) is 5.75 Å². The maximum absolute atomic E-state index is 11.2. The summed E-state index contributed by atoms with van der Waals surface area (Å²) in [5.74, 6) is 0.951. The number of piperidine rings is 1. The van der Waals surface area contributed by atoms with Crippen LogP contribution in [0.5, 0.6) is 0 Å². The topological polar surface area (TPSA) is 86.1 Å². The highest BCUT2D eigenvalue weighted by atomic mass is 32.2. The van der Waals surface area contributed by atoms with E-state index in [0.29, 0.717) is 18.3 Å². The van der Waals surface area contributed by atoms with Crippen LogP contribution in [0.4, 0.5) is 5.82 Å². The van der Waals surface area contributed by atoms with Gasteiger partial charge in [0, 0.05) is 31.9 Å². The van der Waals surface area contributed by atoms with Gasteiger partial charge in [0.25, 0.3) is 0 Å². The lowest BCUT2D eigenvalue weighted by atomic mass is 10.1. The Morgan fingerprint density at radius 2 is 2.09 bits per heavy atom. The van der Waals surface area contributed by atoms with E-state index in [0.717, 1.165) is 37.3 Å². The highest BCUT2D eigenvalue weighted by molar-refractivity contribution is 7.90. The minimum atomic E-state index is -2.90. The Morgan fingerprint density at radius 1 is 1.41 bits per heavy atom. The summed E-state index contributed by atoms with van der Waals surface area (Å²) in [6.45, 7) is 4.23. The molecule has 6 nitrogen and oxygen atoms in total. The number of aromatic nitrogens is 1. The first-order chi connectivity index (χ1) is 10.4. The number of rotatable bonds is 5. The summed E-state index contributed by atoms with van der Waals surface area (Å²) in [6, 6.07) is 6.20. The van der Waals surface area contributed by atoms with Gasteiger partial charge < -0.3 is 10.2 Å². The fourth-order valence-corrected chi connectivity index (χ4v) is 3.12. The number of anilines is 1. The number of hydrogen-bond acceptors (Lipinski definition) is 6. The van der Waals surface area contributed by atoms with E-state index in [1.165, 1.54) is 6.26 Å². The van der Waals surface area contributed by atoms with Crippen LogP contribution < -0.4 is 5.32 Å². The van der Waals surface area contributed by atoms with E-state index in [9.17, 15) is 8.42 Å². The van der Waals surface area contributed by atoms with Gasteiger partial charge in [-0.25, -0.2) is 13.4 Å². The Morgan fingerprint density at radius 3 is 2.68 bits per heavy atom. The van der Waals surface area contributed by atoms with Gasteiger partial charge in [-0.2, -0.15) is 5.26 Å². The molecule has 0 unspecified atom stereocenters. The molecule has 0 spiro atoms.